The molecule has 148 valence electrons. The fourth-order valence-corrected chi connectivity index (χ4v) is 2.89. The first-order chi connectivity index (χ1) is 13.3. The van der Waals surface area contributed by atoms with E-state index >= 15 is 0 Å². The van der Waals surface area contributed by atoms with Gasteiger partial charge in [-0.05, 0) is 43.2 Å². The maximum atomic E-state index is 12.3. The summed E-state index contributed by atoms with van der Waals surface area (Å²) in [4.78, 5) is 37.0. The van der Waals surface area contributed by atoms with Crippen LogP contribution in [0.4, 0.5) is 11.4 Å². The number of anilines is 2. The molecular formula is C21H27N4O3+. The molecule has 7 nitrogen and oxygen atoms in total. The molecule has 2 rings (SSSR count). The minimum Gasteiger partial charge on any atom is -0.355 e. The summed E-state index contributed by atoms with van der Waals surface area (Å²) in [5, 5.41) is 8.23. The van der Waals surface area contributed by atoms with Crippen LogP contribution in [0.25, 0.3) is 0 Å². The predicted molar refractivity (Wildman–Crippen MR) is 110 cm³/mol. The molecule has 0 aliphatic carbocycles. The van der Waals surface area contributed by atoms with E-state index in [0.29, 0.717) is 11.3 Å². The number of hydrogen-bond acceptors (Lipinski definition) is 3. The van der Waals surface area contributed by atoms with Crippen LogP contribution in [0.2, 0.25) is 0 Å². The Hall–Kier alpha value is -3.19. The zero-order chi connectivity index (χ0) is 20.7. The largest absolute Gasteiger partial charge is 0.355 e. The van der Waals surface area contributed by atoms with Crippen molar-refractivity contribution in [2.75, 3.05) is 37.8 Å². The van der Waals surface area contributed by atoms with Gasteiger partial charge in [-0.3, -0.25) is 14.4 Å². The van der Waals surface area contributed by atoms with E-state index in [2.05, 4.69) is 16.0 Å². The van der Waals surface area contributed by atoms with E-state index in [1.807, 2.05) is 32.0 Å². The number of aryl methyl sites for hydroxylation is 2. The Balaban J connectivity index is 1.88. The quantitative estimate of drug-likeness (QED) is 0.569. The third-order valence-electron chi connectivity index (χ3n) is 4.31. The molecule has 3 amide bonds. The number of likely N-dealkylation sites (N-methyl/N-ethyl adjacent to an activating group) is 1. The Morgan fingerprint density at radius 1 is 0.893 bits per heavy atom. The van der Waals surface area contributed by atoms with Gasteiger partial charge in [0.1, 0.15) is 0 Å². The van der Waals surface area contributed by atoms with Gasteiger partial charge < -0.3 is 20.9 Å². The number of carbonyl (C=O) groups excluding carboxylic acids is 3. The normalized spacial score (nSPS) is 11.4. The third kappa shape index (κ3) is 5.92. The number of amides is 3. The summed E-state index contributed by atoms with van der Waals surface area (Å²) in [6, 6.07) is 12.5. The lowest BCUT2D eigenvalue weighted by molar-refractivity contribution is -0.862. The van der Waals surface area contributed by atoms with Gasteiger partial charge in [0.25, 0.3) is 17.7 Å². The van der Waals surface area contributed by atoms with Crippen molar-refractivity contribution in [3.63, 3.8) is 0 Å². The van der Waals surface area contributed by atoms with Crippen molar-refractivity contribution in [1.29, 1.82) is 0 Å². The van der Waals surface area contributed by atoms with Gasteiger partial charge in [-0.1, -0.05) is 24.3 Å². The minimum absolute atomic E-state index is 0.129. The lowest BCUT2D eigenvalue weighted by Crippen LogP contribution is -3.11. The predicted octanol–water partition coefficient (Wildman–Crippen LogP) is 0.755. The van der Waals surface area contributed by atoms with Crippen LogP contribution >= 0.6 is 0 Å². The second kappa shape index (κ2) is 9.66. The van der Waals surface area contributed by atoms with Crippen molar-refractivity contribution in [3.8, 4) is 0 Å². The fraction of sp³-hybridized carbons (Fsp3) is 0.286. The Morgan fingerprint density at radius 3 is 2.07 bits per heavy atom. The van der Waals surface area contributed by atoms with Crippen LogP contribution in [0.15, 0.2) is 42.5 Å². The van der Waals surface area contributed by atoms with E-state index in [9.17, 15) is 14.4 Å². The van der Waals surface area contributed by atoms with Gasteiger partial charge in [0.05, 0.1) is 7.05 Å². The molecule has 0 heterocycles. The zero-order valence-electron chi connectivity index (χ0n) is 16.7. The van der Waals surface area contributed by atoms with Gasteiger partial charge in [0.2, 0.25) is 0 Å². The Labute approximate surface area is 165 Å². The lowest BCUT2D eigenvalue weighted by Gasteiger charge is -2.15. The highest BCUT2D eigenvalue weighted by Gasteiger charge is 2.16. The molecule has 0 saturated carbocycles. The van der Waals surface area contributed by atoms with E-state index in [-0.39, 0.29) is 30.8 Å². The topological polar surface area (TPSA) is 91.7 Å². The summed E-state index contributed by atoms with van der Waals surface area (Å²) in [5.41, 5.74) is 3.82. The molecule has 0 aliphatic heterocycles. The fourth-order valence-electron chi connectivity index (χ4n) is 2.89. The number of rotatable bonds is 7. The molecular weight excluding hydrogens is 356 g/mol. The number of benzene rings is 2. The molecule has 7 heteroatoms. The number of carbonyl (C=O) groups is 3. The summed E-state index contributed by atoms with van der Waals surface area (Å²) in [7, 11) is 3.33. The molecule has 0 radical (unpaired) electrons. The van der Waals surface area contributed by atoms with Crippen molar-refractivity contribution in [2.24, 2.45) is 0 Å². The number of para-hydroxylation sites is 1. The summed E-state index contributed by atoms with van der Waals surface area (Å²) in [6.07, 6.45) is 0. The van der Waals surface area contributed by atoms with Gasteiger partial charge in [-0.25, -0.2) is 0 Å². The molecule has 1 unspecified atom stereocenters. The maximum absolute atomic E-state index is 12.3. The molecule has 2 aromatic carbocycles. The highest BCUT2D eigenvalue weighted by atomic mass is 16.2. The van der Waals surface area contributed by atoms with Crippen molar-refractivity contribution in [1.82, 2.24) is 5.32 Å². The van der Waals surface area contributed by atoms with Crippen molar-refractivity contribution in [3.05, 3.63) is 59.2 Å². The molecule has 0 bridgehead atoms. The molecule has 0 aliphatic rings. The number of quaternary nitrogens is 1. The van der Waals surface area contributed by atoms with Crippen molar-refractivity contribution < 1.29 is 19.3 Å². The van der Waals surface area contributed by atoms with Gasteiger partial charge in [-0.15, -0.1) is 0 Å². The molecule has 28 heavy (non-hydrogen) atoms. The van der Waals surface area contributed by atoms with Crippen LogP contribution in [0.1, 0.15) is 21.5 Å². The van der Waals surface area contributed by atoms with Gasteiger partial charge in [0.15, 0.2) is 13.1 Å². The van der Waals surface area contributed by atoms with E-state index in [0.717, 1.165) is 21.7 Å². The molecule has 0 saturated heterocycles. The van der Waals surface area contributed by atoms with Crippen LogP contribution in [-0.4, -0.2) is 44.9 Å². The third-order valence-corrected chi connectivity index (χ3v) is 4.31. The van der Waals surface area contributed by atoms with Crippen molar-refractivity contribution >= 4 is 29.1 Å². The van der Waals surface area contributed by atoms with Crippen LogP contribution in [0.5, 0.6) is 0 Å². The average Bonchev–Trinajstić information content (AvgIpc) is 2.64. The summed E-state index contributed by atoms with van der Waals surface area (Å²) >= 11 is 0. The van der Waals surface area contributed by atoms with Crippen molar-refractivity contribution in [2.45, 2.75) is 13.8 Å². The first-order valence-electron chi connectivity index (χ1n) is 9.09. The van der Waals surface area contributed by atoms with E-state index in [4.69, 9.17) is 0 Å². The molecule has 0 aromatic heterocycles. The second-order valence-electron chi connectivity index (χ2n) is 6.83. The molecule has 2 aromatic rings. The smallest absolute Gasteiger partial charge is 0.279 e. The monoisotopic (exact) mass is 383 g/mol. The van der Waals surface area contributed by atoms with E-state index in [1.165, 1.54) is 0 Å². The standard InChI is InChI=1S/C21H26N4O3/c1-14-7-5-8-15(2)20(14)24-19(27)13-25(4)12-18(26)23-17-10-6-9-16(11-17)21(28)22-3/h5-11H,12-13H2,1-4H3,(H,22,28)(H,23,26)(H,24,27)/p+1. The highest BCUT2D eigenvalue weighted by Crippen LogP contribution is 2.18. The van der Waals surface area contributed by atoms with E-state index < -0.39 is 0 Å². The second-order valence-corrected chi connectivity index (χ2v) is 6.83. The molecule has 0 spiro atoms. The first kappa shape index (κ1) is 21.1. The molecule has 0 fully saturated rings. The van der Waals surface area contributed by atoms with Gasteiger partial charge >= 0.3 is 0 Å². The minimum atomic E-state index is -0.230. The van der Waals surface area contributed by atoms with Crippen LogP contribution in [0, 0.1) is 13.8 Å². The van der Waals surface area contributed by atoms with Crippen LogP contribution in [0.3, 0.4) is 0 Å². The Kier molecular flexibility index (Phi) is 7.28. The zero-order valence-corrected chi connectivity index (χ0v) is 16.7. The molecule has 1 atom stereocenters. The summed E-state index contributed by atoms with van der Waals surface area (Å²) in [6.45, 7) is 4.18. The Morgan fingerprint density at radius 2 is 1.46 bits per heavy atom. The lowest BCUT2D eigenvalue weighted by atomic mass is 10.1. The Bertz CT molecular complexity index is 859. The summed E-state index contributed by atoms with van der Waals surface area (Å²) in [5.74, 6) is -0.599. The van der Waals surface area contributed by atoms with E-state index in [1.54, 1.807) is 38.4 Å². The first-order valence-corrected chi connectivity index (χ1v) is 9.09. The number of hydrogen-bond donors (Lipinski definition) is 4. The van der Waals surface area contributed by atoms with Gasteiger partial charge in [0, 0.05) is 24.0 Å². The molecule has 4 N–H and O–H groups in total. The summed E-state index contributed by atoms with van der Waals surface area (Å²) < 4.78 is 0. The van der Waals surface area contributed by atoms with Crippen LogP contribution < -0.4 is 20.9 Å². The highest BCUT2D eigenvalue weighted by molar-refractivity contribution is 5.97. The average molecular weight is 383 g/mol. The van der Waals surface area contributed by atoms with Crippen LogP contribution in [-0.2, 0) is 9.59 Å². The van der Waals surface area contributed by atoms with Gasteiger partial charge in [-0.2, -0.15) is 0 Å². The number of nitrogens with one attached hydrogen (secondary N) is 4. The maximum Gasteiger partial charge on any atom is 0.279 e. The SMILES string of the molecule is CNC(=O)c1cccc(NC(=O)C[NH+](C)CC(=O)Nc2c(C)cccc2C)c1.